The summed E-state index contributed by atoms with van der Waals surface area (Å²) in [7, 11) is 0. The molecule has 2 aliphatic rings. The predicted molar refractivity (Wildman–Crippen MR) is 220 cm³/mol. The van der Waals surface area contributed by atoms with Gasteiger partial charge in [-0.3, -0.25) is 0 Å². The highest BCUT2D eigenvalue weighted by atomic mass is 15.1. The summed E-state index contributed by atoms with van der Waals surface area (Å²) in [6, 6.07) is 57.2. The fourth-order valence-electron chi connectivity index (χ4n) is 9.52. The van der Waals surface area contributed by atoms with Crippen molar-refractivity contribution in [3.63, 3.8) is 0 Å². The molecular formula is C50H44N2. The van der Waals surface area contributed by atoms with Crippen LogP contribution in [0.5, 0.6) is 0 Å². The molecule has 2 heteroatoms. The smallest absolute Gasteiger partial charge is 0.0465 e. The molecule has 0 bridgehead atoms. The molecule has 0 aromatic heterocycles. The maximum atomic E-state index is 2.45. The fraction of sp³-hybridized carbons (Fsp3) is 0.160. The zero-order chi connectivity index (χ0) is 35.8. The summed E-state index contributed by atoms with van der Waals surface area (Å²) >= 11 is 0. The Kier molecular flexibility index (Phi) is 7.31. The Bertz CT molecular complexity index is 2210. The van der Waals surface area contributed by atoms with E-state index >= 15 is 0 Å². The van der Waals surface area contributed by atoms with Gasteiger partial charge in [-0.2, -0.15) is 0 Å². The minimum atomic E-state index is -0.173. The van der Waals surface area contributed by atoms with Crippen molar-refractivity contribution in [1.29, 1.82) is 0 Å². The SMILES string of the molecule is Cc1c2c(c(C)c3c1C(C)(C)c1cc(N(c4ccccc4)c4ccccc4)ccc1-3)C(C)(C)c1cc(N(c3ccccc3)c3ccccc3)ccc1-2. The van der Waals surface area contributed by atoms with Crippen LogP contribution in [0.4, 0.5) is 34.1 Å². The Morgan fingerprint density at radius 2 is 0.635 bits per heavy atom. The molecule has 7 aromatic carbocycles. The molecule has 9 rings (SSSR count). The quantitative estimate of drug-likeness (QED) is 0.173. The van der Waals surface area contributed by atoms with Gasteiger partial charge in [0.2, 0.25) is 0 Å². The van der Waals surface area contributed by atoms with Gasteiger partial charge in [0.05, 0.1) is 0 Å². The molecule has 254 valence electrons. The molecule has 2 nitrogen and oxygen atoms in total. The first kappa shape index (κ1) is 32.1. The lowest BCUT2D eigenvalue weighted by atomic mass is 9.74. The van der Waals surface area contributed by atoms with E-state index in [0.29, 0.717) is 0 Å². The van der Waals surface area contributed by atoms with Crippen molar-refractivity contribution < 1.29 is 0 Å². The molecule has 0 spiro atoms. The molecule has 0 saturated heterocycles. The Morgan fingerprint density at radius 1 is 0.346 bits per heavy atom. The molecule has 0 amide bonds. The average molecular weight is 673 g/mol. The fourth-order valence-corrected chi connectivity index (χ4v) is 9.52. The van der Waals surface area contributed by atoms with Crippen molar-refractivity contribution in [2.24, 2.45) is 0 Å². The lowest BCUT2D eigenvalue weighted by Gasteiger charge is -2.30. The second-order valence-electron chi connectivity index (χ2n) is 15.5. The van der Waals surface area contributed by atoms with Crippen LogP contribution >= 0.6 is 0 Å². The first-order valence-electron chi connectivity index (χ1n) is 18.5. The van der Waals surface area contributed by atoms with Gasteiger partial charge in [-0.05, 0) is 142 Å². The molecule has 0 N–H and O–H groups in total. The summed E-state index contributed by atoms with van der Waals surface area (Å²) < 4.78 is 0. The summed E-state index contributed by atoms with van der Waals surface area (Å²) in [5, 5.41) is 0. The van der Waals surface area contributed by atoms with Crippen LogP contribution in [-0.2, 0) is 10.8 Å². The molecule has 0 unspecified atom stereocenters. The lowest BCUT2D eigenvalue weighted by molar-refractivity contribution is 0.645. The molecule has 7 aromatic rings. The van der Waals surface area contributed by atoms with E-state index in [1.807, 2.05) is 0 Å². The van der Waals surface area contributed by atoms with E-state index in [1.54, 1.807) is 0 Å². The first-order valence-corrected chi connectivity index (χ1v) is 18.5. The van der Waals surface area contributed by atoms with Crippen LogP contribution in [0.15, 0.2) is 158 Å². The third-order valence-electron chi connectivity index (χ3n) is 11.7. The van der Waals surface area contributed by atoms with E-state index < -0.39 is 0 Å². The van der Waals surface area contributed by atoms with Crippen molar-refractivity contribution >= 4 is 34.1 Å². The largest absolute Gasteiger partial charge is 0.310 e. The molecule has 52 heavy (non-hydrogen) atoms. The van der Waals surface area contributed by atoms with Crippen LogP contribution in [0.25, 0.3) is 22.3 Å². The van der Waals surface area contributed by atoms with E-state index in [2.05, 4.69) is 209 Å². The van der Waals surface area contributed by atoms with Crippen molar-refractivity contribution in [1.82, 2.24) is 0 Å². The van der Waals surface area contributed by atoms with E-state index in [9.17, 15) is 0 Å². The third kappa shape index (κ3) is 4.70. The van der Waals surface area contributed by atoms with Crippen molar-refractivity contribution in [3.05, 3.63) is 191 Å². The summed E-state index contributed by atoms with van der Waals surface area (Å²) in [5.74, 6) is 0. The van der Waals surface area contributed by atoms with Crippen LogP contribution in [0.2, 0.25) is 0 Å². The maximum absolute atomic E-state index is 2.45. The average Bonchev–Trinajstić information content (AvgIpc) is 3.56. The second-order valence-corrected chi connectivity index (χ2v) is 15.5. The number of benzene rings is 7. The van der Waals surface area contributed by atoms with Gasteiger partial charge in [-0.1, -0.05) is 113 Å². The Labute approximate surface area is 308 Å². The van der Waals surface area contributed by atoms with Gasteiger partial charge in [0.15, 0.2) is 0 Å². The molecular weight excluding hydrogens is 629 g/mol. The summed E-state index contributed by atoms with van der Waals surface area (Å²) in [6.07, 6.45) is 0. The van der Waals surface area contributed by atoms with E-state index in [4.69, 9.17) is 0 Å². The van der Waals surface area contributed by atoms with Gasteiger partial charge < -0.3 is 9.80 Å². The standard InChI is InChI=1S/C50H44N2/c1-33-45-41-29-27-39(51(35-19-11-7-12-20-35)36-21-13-8-14-22-36)31-43(41)50(5,6)48(45)34(2)46-42-30-28-40(32-44(42)49(3,4)47(33)46)52(37-23-15-9-16-24-37)38-25-17-10-18-26-38/h7-32H,1-6H3. The molecule has 0 saturated carbocycles. The second kappa shape index (κ2) is 11.9. The van der Waals surface area contributed by atoms with Gasteiger partial charge in [0.25, 0.3) is 0 Å². The number of nitrogens with zero attached hydrogens (tertiary/aromatic N) is 2. The maximum Gasteiger partial charge on any atom is 0.0465 e. The highest BCUT2D eigenvalue weighted by Gasteiger charge is 2.45. The highest BCUT2D eigenvalue weighted by molar-refractivity contribution is 5.96. The van der Waals surface area contributed by atoms with Gasteiger partial charge >= 0.3 is 0 Å². The number of hydrogen-bond acceptors (Lipinski definition) is 2. The van der Waals surface area contributed by atoms with Gasteiger partial charge in [-0.15, -0.1) is 0 Å². The third-order valence-corrected chi connectivity index (χ3v) is 11.7. The molecule has 2 aliphatic carbocycles. The lowest BCUT2D eigenvalue weighted by Crippen LogP contribution is -2.20. The summed E-state index contributed by atoms with van der Waals surface area (Å²) in [4.78, 5) is 4.76. The van der Waals surface area contributed by atoms with Crippen molar-refractivity contribution in [2.75, 3.05) is 9.80 Å². The van der Waals surface area contributed by atoms with Crippen molar-refractivity contribution in [3.8, 4) is 22.3 Å². The Hall–Kier alpha value is -5.86. The highest BCUT2D eigenvalue weighted by Crippen LogP contribution is 2.61. The predicted octanol–water partition coefficient (Wildman–Crippen LogP) is 13.9. The Balaban J connectivity index is 1.20. The zero-order valence-corrected chi connectivity index (χ0v) is 30.9. The van der Waals surface area contributed by atoms with Crippen LogP contribution in [0.3, 0.4) is 0 Å². The monoisotopic (exact) mass is 672 g/mol. The molecule has 0 atom stereocenters. The van der Waals surface area contributed by atoms with Crippen LogP contribution in [0.1, 0.15) is 61.1 Å². The minimum Gasteiger partial charge on any atom is -0.310 e. The molecule has 0 radical (unpaired) electrons. The first-order chi connectivity index (χ1) is 25.2. The van der Waals surface area contributed by atoms with E-state index in [-0.39, 0.29) is 10.8 Å². The normalized spacial score (nSPS) is 14.3. The number of para-hydroxylation sites is 4. The molecule has 0 aliphatic heterocycles. The summed E-state index contributed by atoms with van der Waals surface area (Å²) in [6.45, 7) is 14.5. The van der Waals surface area contributed by atoms with Crippen molar-refractivity contribution in [2.45, 2.75) is 52.4 Å². The molecule has 0 heterocycles. The van der Waals surface area contributed by atoms with E-state index in [1.165, 1.54) is 67.0 Å². The van der Waals surface area contributed by atoms with E-state index in [0.717, 1.165) is 22.7 Å². The van der Waals surface area contributed by atoms with Gasteiger partial charge in [0.1, 0.15) is 0 Å². The van der Waals surface area contributed by atoms with Gasteiger partial charge in [0, 0.05) is 45.0 Å². The zero-order valence-electron chi connectivity index (χ0n) is 30.9. The van der Waals surface area contributed by atoms with Crippen LogP contribution in [0, 0.1) is 13.8 Å². The van der Waals surface area contributed by atoms with Gasteiger partial charge in [-0.25, -0.2) is 0 Å². The topological polar surface area (TPSA) is 6.48 Å². The Morgan fingerprint density at radius 3 is 0.923 bits per heavy atom. The minimum absolute atomic E-state index is 0.173. The number of rotatable bonds is 6. The molecule has 0 fully saturated rings. The van der Waals surface area contributed by atoms with Crippen LogP contribution in [-0.4, -0.2) is 0 Å². The number of anilines is 6. The number of fused-ring (bicyclic) bond motifs is 6. The number of hydrogen-bond donors (Lipinski definition) is 0. The summed E-state index contributed by atoms with van der Waals surface area (Å²) in [5.41, 5.74) is 20.7. The van der Waals surface area contributed by atoms with Crippen LogP contribution < -0.4 is 9.80 Å².